The number of hydrogen-bond donors (Lipinski definition) is 2. The maximum atomic E-state index is 15.2. The molecule has 1 aromatic heterocycles. The highest BCUT2D eigenvalue weighted by atomic mass is 32.2. The number of nitrogens with one attached hydrogen (secondary N) is 2. The number of hydrogen-bond acceptors (Lipinski definition) is 7. The molecule has 1 aliphatic rings. The van der Waals surface area contributed by atoms with Crippen LogP contribution in [0.5, 0.6) is 5.75 Å². The Balaban J connectivity index is 1.77. The molecule has 0 atom stereocenters. The van der Waals surface area contributed by atoms with Crippen LogP contribution in [0.25, 0.3) is 11.0 Å². The number of fused-ring (bicyclic) bond motifs is 1. The summed E-state index contributed by atoms with van der Waals surface area (Å²) in [6, 6.07) is 8.34. The summed E-state index contributed by atoms with van der Waals surface area (Å²) in [6.07, 6.45) is -0.952. The van der Waals surface area contributed by atoms with E-state index in [4.69, 9.17) is 9.15 Å². The fourth-order valence-corrected chi connectivity index (χ4v) is 4.57. The average molecular weight is 555 g/mol. The van der Waals surface area contributed by atoms with E-state index in [1.54, 1.807) is 0 Å². The predicted molar refractivity (Wildman–Crippen MR) is 133 cm³/mol. The Labute approximate surface area is 216 Å². The van der Waals surface area contributed by atoms with Gasteiger partial charge in [-0.1, -0.05) is 12.1 Å². The number of alkyl halides is 2. The van der Waals surface area contributed by atoms with E-state index in [2.05, 4.69) is 4.72 Å². The molecule has 1 saturated heterocycles. The quantitative estimate of drug-likeness (QED) is 0.411. The largest absolute Gasteiger partial charge is 0.422 e. The van der Waals surface area contributed by atoms with Gasteiger partial charge in [0.2, 0.25) is 0 Å². The number of amides is 1. The van der Waals surface area contributed by atoms with Gasteiger partial charge in [-0.05, 0) is 29.3 Å². The second kappa shape index (κ2) is 10.3. The fourth-order valence-electron chi connectivity index (χ4n) is 4.02. The minimum Gasteiger partial charge on any atom is -0.422 e. The number of benzene rings is 2. The summed E-state index contributed by atoms with van der Waals surface area (Å²) in [7, 11) is 0.137. The zero-order chi connectivity index (χ0) is 27.8. The fraction of sp³-hybridized carbons (Fsp3) is 0.333. The molecule has 2 aromatic carbocycles. The third-order valence-corrected chi connectivity index (χ3v) is 6.94. The van der Waals surface area contributed by atoms with Crippen LogP contribution in [0.3, 0.4) is 0 Å². The van der Waals surface area contributed by atoms with Crippen LogP contribution in [-0.4, -0.2) is 64.5 Å². The van der Waals surface area contributed by atoms with Crippen LogP contribution in [0.2, 0.25) is 0 Å². The molecular weight excluding hydrogens is 529 g/mol. The van der Waals surface area contributed by atoms with Gasteiger partial charge in [0.05, 0.1) is 18.8 Å². The van der Waals surface area contributed by atoms with Crippen molar-refractivity contribution in [1.82, 2.24) is 14.5 Å². The van der Waals surface area contributed by atoms with Crippen molar-refractivity contribution in [3.05, 3.63) is 69.3 Å². The van der Waals surface area contributed by atoms with Gasteiger partial charge in [-0.3, -0.25) is 9.62 Å². The Hall–Kier alpha value is -3.62. The van der Waals surface area contributed by atoms with Crippen LogP contribution in [0.4, 0.5) is 23.7 Å². The van der Waals surface area contributed by atoms with E-state index < -0.39 is 46.8 Å². The van der Waals surface area contributed by atoms with Crippen molar-refractivity contribution in [2.24, 2.45) is 0 Å². The van der Waals surface area contributed by atoms with Gasteiger partial charge in [-0.25, -0.2) is 27.5 Å². The van der Waals surface area contributed by atoms with Gasteiger partial charge in [0.25, 0.3) is 16.1 Å². The summed E-state index contributed by atoms with van der Waals surface area (Å²) in [4.78, 5) is 27.6. The van der Waals surface area contributed by atoms with E-state index in [1.165, 1.54) is 60.3 Å². The number of halogens is 3. The monoisotopic (exact) mass is 554 g/mol. The van der Waals surface area contributed by atoms with Crippen LogP contribution < -0.4 is 19.8 Å². The van der Waals surface area contributed by atoms with Crippen LogP contribution in [0.1, 0.15) is 16.7 Å². The highest BCUT2D eigenvalue weighted by molar-refractivity contribution is 7.90. The molecule has 1 amide bonds. The van der Waals surface area contributed by atoms with Gasteiger partial charge in [0.1, 0.15) is 11.3 Å². The van der Waals surface area contributed by atoms with Crippen LogP contribution in [0, 0.1) is 5.82 Å². The molecule has 38 heavy (non-hydrogen) atoms. The molecule has 0 saturated carbocycles. The highest BCUT2D eigenvalue weighted by Gasteiger charge is 2.44. The summed E-state index contributed by atoms with van der Waals surface area (Å²) in [5.41, 5.74) is -0.758. The predicted octanol–water partition coefficient (Wildman–Crippen LogP) is 2.91. The molecular formula is C24H25F3N4O6S. The molecule has 10 nitrogen and oxygen atoms in total. The molecule has 204 valence electrons. The third-order valence-electron chi connectivity index (χ3n) is 5.91. The smallest absolute Gasteiger partial charge is 0.414 e. The standard InChI is InChI=1S/C24H25F3N4O6S/c1-28-38(34,35)29-19-6-4-5-14(21(19)25)9-17-18(11-31-12-24(26,27)13-31)16-8-7-15(36-23(33)30(2)3)10-20(16)37-22(17)32/h4-8,10,28-29H,9,11-13H2,1-3H3. The van der Waals surface area contributed by atoms with Gasteiger partial charge in [-0.15, -0.1) is 0 Å². The Morgan fingerprint density at radius 2 is 1.89 bits per heavy atom. The van der Waals surface area contributed by atoms with Gasteiger partial charge < -0.3 is 14.1 Å². The first-order valence-corrected chi connectivity index (χ1v) is 12.8. The van der Waals surface area contributed by atoms with Gasteiger partial charge >= 0.3 is 11.7 Å². The van der Waals surface area contributed by atoms with Crippen molar-refractivity contribution in [2.45, 2.75) is 18.9 Å². The Morgan fingerprint density at radius 1 is 1.18 bits per heavy atom. The van der Waals surface area contributed by atoms with Gasteiger partial charge in [0.15, 0.2) is 5.82 Å². The number of carbonyl (C=O) groups excluding carboxylic acids is 1. The zero-order valence-corrected chi connectivity index (χ0v) is 21.5. The second-order valence-electron chi connectivity index (χ2n) is 9.03. The van der Waals surface area contributed by atoms with E-state index >= 15 is 4.39 Å². The van der Waals surface area contributed by atoms with E-state index in [9.17, 15) is 26.8 Å². The lowest BCUT2D eigenvalue weighted by Gasteiger charge is -2.39. The number of carbonyl (C=O) groups is 1. The number of likely N-dealkylation sites (tertiary alicyclic amines) is 1. The normalized spacial score (nSPS) is 15.2. The lowest BCUT2D eigenvalue weighted by Crippen LogP contribution is -2.55. The summed E-state index contributed by atoms with van der Waals surface area (Å²) in [5, 5.41) is 0.395. The zero-order valence-electron chi connectivity index (χ0n) is 20.7. The first-order valence-electron chi connectivity index (χ1n) is 11.3. The van der Waals surface area contributed by atoms with Crippen LogP contribution in [0.15, 0.2) is 45.6 Å². The van der Waals surface area contributed by atoms with Crippen molar-refractivity contribution in [1.29, 1.82) is 0 Å². The second-order valence-corrected chi connectivity index (χ2v) is 10.7. The van der Waals surface area contributed by atoms with Gasteiger partial charge in [-0.2, -0.15) is 8.42 Å². The maximum absolute atomic E-state index is 15.2. The van der Waals surface area contributed by atoms with Gasteiger partial charge in [0, 0.05) is 51.1 Å². The number of anilines is 1. The molecule has 1 fully saturated rings. The molecule has 0 aliphatic carbocycles. The SMILES string of the molecule is CNS(=O)(=O)Nc1cccc(Cc2c(CN3CC(F)(F)C3)c3ccc(OC(=O)N(C)C)cc3oc2=O)c1F. The third kappa shape index (κ3) is 5.92. The average Bonchev–Trinajstić information content (AvgIpc) is 2.82. The molecule has 2 N–H and O–H groups in total. The van der Waals surface area contributed by atoms with E-state index in [0.29, 0.717) is 10.9 Å². The van der Waals surface area contributed by atoms with E-state index in [0.717, 1.165) is 7.05 Å². The van der Waals surface area contributed by atoms with Crippen molar-refractivity contribution >= 4 is 33.0 Å². The van der Waals surface area contributed by atoms with Crippen molar-refractivity contribution in [3.8, 4) is 5.75 Å². The molecule has 3 aromatic rings. The first kappa shape index (κ1) is 27.4. The molecule has 0 spiro atoms. The number of ether oxygens (including phenoxy) is 1. The maximum Gasteiger partial charge on any atom is 0.414 e. The Morgan fingerprint density at radius 3 is 2.53 bits per heavy atom. The number of nitrogens with zero attached hydrogens (tertiary/aromatic N) is 2. The molecule has 0 unspecified atom stereocenters. The molecule has 4 rings (SSSR count). The summed E-state index contributed by atoms with van der Waals surface area (Å²) in [6.45, 7) is -1.07. The van der Waals surface area contributed by atoms with Crippen molar-refractivity contribution < 1.29 is 35.5 Å². The summed E-state index contributed by atoms with van der Waals surface area (Å²) < 4.78 is 80.7. The Kier molecular flexibility index (Phi) is 7.41. The molecule has 0 radical (unpaired) electrons. The highest BCUT2D eigenvalue weighted by Crippen LogP contribution is 2.33. The molecule has 14 heteroatoms. The first-order chi connectivity index (χ1) is 17.8. The van der Waals surface area contributed by atoms with Crippen molar-refractivity contribution in [3.63, 3.8) is 0 Å². The molecule has 1 aliphatic heterocycles. The molecule has 0 bridgehead atoms. The van der Waals surface area contributed by atoms with Crippen molar-refractivity contribution in [2.75, 3.05) is 39.0 Å². The topological polar surface area (TPSA) is 121 Å². The summed E-state index contributed by atoms with van der Waals surface area (Å²) in [5.74, 6) is -3.66. The minimum atomic E-state index is -4.01. The minimum absolute atomic E-state index is 0.0142. The molecule has 2 heterocycles. The lowest BCUT2D eigenvalue weighted by atomic mass is 9.96. The Bertz CT molecular complexity index is 1550. The van der Waals surface area contributed by atoms with Crippen LogP contribution in [-0.2, 0) is 23.2 Å². The van der Waals surface area contributed by atoms with Crippen LogP contribution >= 0.6 is 0 Å². The van der Waals surface area contributed by atoms with E-state index in [-0.39, 0.29) is 41.1 Å². The summed E-state index contributed by atoms with van der Waals surface area (Å²) >= 11 is 0. The van der Waals surface area contributed by atoms with E-state index in [1.807, 2.05) is 4.72 Å². The number of rotatable bonds is 8. The lowest BCUT2D eigenvalue weighted by molar-refractivity contribution is -0.133.